The van der Waals surface area contributed by atoms with Crippen molar-refractivity contribution >= 4 is 11.0 Å². The fourth-order valence-electron chi connectivity index (χ4n) is 6.43. The minimum Gasteiger partial charge on any atom is -0.396 e. The lowest BCUT2D eigenvalue weighted by atomic mass is 9.75. The summed E-state index contributed by atoms with van der Waals surface area (Å²) in [5.74, 6) is 0.966. The van der Waals surface area contributed by atoms with Crippen molar-refractivity contribution in [2.45, 2.75) is 64.5 Å². The Morgan fingerprint density at radius 3 is 2.62 bits per heavy atom. The van der Waals surface area contributed by atoms with Crippen LogP contribution in [0.5, 0.6) is 0 Å². The smallest absolute Gasteiger partial charge is 0.329 e. The van der Waals surface area contributed by atoms with Gasteiger partial charge in [-0.2, -0.15) is 0 Å². The monoisotopic (exact) mass is 397 g/mol. The van der Waals surface area contributed by atoms with E-state index >= 15 is 0 Å². The summed E-state index contributed by atoms with van der Waals surface area (Å²) < 4.78 is 3.86. The van der Waals surface area contributed by atoms with Crippen LogP contribution in [0.2, 0.25) is 0 Å². The van der Waals surface area contributed by atoms with E-state index < -0.39 is 0 Å². The Bertz CT molecular complexity index is 926. The lowest BCUT2D eigenvalue weighted by molar-refractivity contribution is 0.0499. The van der Waals surface area contributed by atoms with Crippen molar-refractivity contribution in [3.63, 3.8) is 0 Å². The third-order valence-corrected chi connectivity index (χ3v) is 8.24. The Labute approximate surface area is 173 Å². The summed E-state index contributed by atoms with van der Waals surface area (Å²) in [6.45, 7) is 5.99. The quantitative estimate of drug-likeness (QED) is 0.838. The van der Waals surface area contributed by atoms with Crippen LogP contribution in [-0.4, -0.2) is 45.4 Å². The summed E-state index contributed by atoms with van der Waals surface area (Å²) >= 11 is 0. The molecule has 1 aromatic carbocycles. The van der Waals surface area contributed by atoms with Crippen molar-refractivity contribution in [1.82, 2.24) is 14.0 Å². The zero-order chi connectivity index (χ0) is 20.0. The summed E-state index contributed by atoms with van der Waals surface area (Å²) in [5.41, 5.74) is 2.77. The SMILES string of the molecule is CCn1c(=O)n([C@@H]2CCN(CC3CCCCC34CC4)C[C@H]2CO)c2ccccc21. The molecule has 1 unspecified atom stereocenters. The van der Waals surface area contributed by atoms with E-state index in [9.17, 15) is 9.90 Å². The molecule has 1 aromatic heterocycles. The molecule has 5 rings (SSSR count). The highest BCUT2D eigenvalue weighted by atomic mass is 16.3. The lowest BCUT2D eigenvalue weighted by Crippen LogP contribution is -2.47. The summed E-state index contributed by atoms with van der Waals surface area (Å²) in [4.78, 5) is 15.8. The molecule has 3 atom stereocenters. The van der Waals surface area contributed by atoms with Crippen molar-refractivity contribution < 1.29 is 5.11 Å². The number of hydrogen-bond donors (Lipinski definition) is 1. The van der Waals surface area contributed by atoms with Gasteiger partial charge >= 0.3 is 5.69 Å². The van der Waals surface area contributed by atoms with Gasteiger partial charge in [-0.3, -0.25) is 9.13 Å². The molecule has 158 valence electrons. The van der Waals surface area contributed by atoms with E-state index in [1.54, 1.807) is 0 Å². The van der Waals surface area contributed by atoms with E-state index in [2.05, 4.69) is 11.0 Å². The Morgan fingerprint density at radius 2 is 1.90 bits per heavy atom. The van der Waals surface area contributed by atoms with Crippen LogP contribution in [-0.2, 0) is 6.54 Å². The second kappa shape index (κ2) is 7.59. The standard InChI is InChI=1S/C24H35N3O2/c1-2-26-21-8-3-4-9-22(21)27(23(26)29)20-10-14-25(15-18(20)17-28)16-19-7-5-6-11-24(19)12-13-24/h3-4,8-9,18-20,28H,2,5-7,10-17H2,1H3/t18-,19?,20+/m0/s1. The average molecular weight is 398 g/mol. The normalized spacial score (nSPS) is 29.5. The molecule has 29 heavy (non-hydrogen) atoms. The first-order valence-corrected chi connectivity index (χ1v) is 11.7. The molecule has 0 bridgehead atoms. The van der Waals surface area contributed by atoms with Crippen molar-refractivity contribution in [2.24, 2.45) is 17.3 Å². The molecule has 5 heteroatoms. The molecule has 3 fully saturated rings. The van der Waals surface area contributed by atoms with Crippen molar-refractivity contribution in [1.29, 1.82) is 0 Å². The predicted molar refractivity (Wildman–Crippen MR) is 116 cm³/mol. The number of aryl methyl sites for hydroxylation is 1. The van der Waals surface area contributed by atoms with Gasteiger partial charge in [0, 0.05) is 44.7 Å². The first-order chi connectivity index (χ1) is 14.2. The number of rotatable bonds is 5. The first kappa shape index (κ1) is 19.4. The Kier molecular flexibility index (Phi) is 5.07. The Hall–Kier alpha value is -1.59. The molecule has 2 heterocycles. The maximum Gasteiger partial charge on any atom is 0.329 e. The molecule has 2 aliphatic carbocycles. The third kappa shape index (κ3) is 3.27. The largest absolute Gasteiger partial charge is 0.396 e. The zero-order valence-corrected chi connectivity index (χ0v) is 17.7. The maximum atomic E-state index is 13.2. The number of benzene rings is 1. The van der Waals surface area contributed by atoms with E-state index in [-0.39, 0.29) is 24.3 Å². The highest BCUT2D eigenvalue weighted by molar-refractivity contribution is 5.76. The van der Waals surface area contributed by atoms with E-state index in [1.807, 2.05) is 34.3 Å². The molecule has 0 amide bonds. The average Bonchev–Trinajstić information content (AvgIpc) is 3.46. The Balaban J connectivity index is 1.38. The zero-order valence-electron chi connectivity index (χ0n) is 17.7. The van der Waals surface area contributed by atoms with Crippen LogP contribution in [0.4, 0.5) is 0 Å². The number of hydrogen-bond acceptors (Lipinski definition) is 3. The number of para-hydroxylation sites is 2. The van der Waals surface area contributed by atoms with Gasteiger partial charge in [-0.05, 0) is 62.5 Å². The van der Waals surface area contributed by atoms with E-state index in [0.29, 0.717) is 12.0 Å². The van der Waals surface area contributed by atoms with Gasteiger partial charge in [0.2, 0.25) is 0 Å². The van der Waals surface area contributed by atoms with Crippen molar-refractivity contribution in [2.75, 3.05) is 26.2 Å². The number of aliphatic hydroxyl groups excluding tert-OH is 1. The maximum absolute atomic E-state index is 13.2. The number of nitrogens with zero attached hydrogens (tertiary/aromatic N) is 3. The van der Waals surface area contributed by atoms with E-state index in [0.717, 1.165) is 36.5 Å². The number of imidazole rings is 1. The van der Waals surface area contributed by atoms with Gasteiger partial charge in [0.15, 0.2) is 0 Å². The van der Waals surface area contributed by atoms with Crippen molar-refractivity contribution in [3.05, 3.63) is 34.7 Å². The number of aliphatic hydroxyl groups is 1. The fourth-order valence-corrected chi connectivity index (χ4v) is 6.43. The van der Waals surface area contributed by atoms with Gasteiger partial charge < -0.3 is 10.0 Å². The molecule has 1 aliphatic heterocycles. The summed E-state index contributed by atoms with van der Waals surface area (Å²) in [5, 5.41) is 10.2. The number of piperidine rings is 1. The molecule has 2 aromatic rings. The highest BCUT2D eigenvalue weighted by Crippen LogP contribution is 2.59. The van der Waals surface area contributed by atoms with E-state index in [4.69, 9.17) is 0 Å². The second-order valence-corrected chi connectivity index (χ2v) is 9.75. The second-order valence-electron chi connectivity index (χ2n) is 9.75. The lowest BCUT2D eigenvalue weighted by Gasteiger charge is -2.42. The van der Waals surface area contributed by atoms with Gasteiger partial charge in [0.25, 0.3) is 0 Å². The van der Waals surface area contributed by atoms with E-state index in [1.165, 1.54) is 45.1 Å². The van der Waals surface area contributed by atoms with Crippen LogP contribution in [0.1, 0.15) is 57.9 Å². The number of fused-ring (bicyclic) bond motifs is 1. The summed E-state index contributed by atoms with van der Waals surface area (Å²) in [6, 6.07) is 8.20. The molecular formula is C24H35N3O2. The van der Waals surface area contributed by atoms with Crippen molar-refractivity contribution in [3.8, 4) is 0 Å². The topological polar surface area (TPSA) is 50.4 Å². The number of aromatic nitrogens is 2. The summed E-state index contributed by atoms with van der Waals surface area (Å²) in [6.07, 6.45) is 9.44. The Morgan fingerprint density at radius 1 is 1.10 bits per heavy atom. The molecule has 1 saturated heterocycles. The molecule has 3 aliphatic rings. The molecule has 0 radical (unpaired) electrons. The predicted octanol–water partition coefficient (Wildman–Crippen LogP) is 3.65. The van der Waals surface area contributed by atoms with Gasteiger partial charge in [0.1, 0.15) is 0 Å². The fraction of sp³-hybridized carbons (Fsp3) is 0.708. The summed E-state index contributed by atoms with van der Waals surface area (Å²) in [7, 11) is 0. The molecule has 1 N–H and O–H groups in total. The van der Waals surface area contributed by atoms with Crippen LogP contribution in [0.3, 0.4) is 0 Å². The minimum absolute atomic E-state index is 0.0785. The van der Waals surface area contributed by atoms with Gasteiger partial charge in [-0.1, -0.05) is 25.0 Å². The van der Waals surface area contributed by atoms with Crippen LogP contribution < -0.4 is 5.69 Å². The molecule has 5 nitrogen and oxygen atoms in total. The first-order valence-electron chi connectivity index (χ1n) is 11.7. The van der Waals surface area contributed by atoms with Crippen LogP contribution >= 0.6 is 0 Å². The van der Waals surface area contributed by atoms with Gasteiger partial charge in [-0.15, -0.1) is 0 Å². The minimum atomic E-state index is 0.0785. The highest BCUT2D eigenvalue weighted by Gasteiger charge is 2.50. The molecule has 2 saturated carbocycles. The van der Waals surface area contributed by atoms with Crippen LogP contribution in [0.15, 0.2) is 29.1 Å². The third-order valence-electron chi connectivity index (χ3n) is 8.24. The molecule has 1 spiro atoms. The van der Waals surface area contributed by atoms with Gasteiger partial charge in [0.05, 0.1) is 11.0 Å². The molecular weight excluding hydrogens is 362 g/mol. The van der Waals surface area contributed by atoms with Crippen LogP contribution in [0.25, 0.3) is 11.0 Å². The van der Waals surface area contributed by atoms with Gasteiger partial charge in [-0.25, -0.2) is 4.79 Å². The number of likely N-dealkylation sites (tertiary alicyclic amines) is 1. The van der Waals surface area contributed by atoms with Crippen LogP contribution in [0, 0.1) is 17.3 Å².